The van der Waals surface area contributed by atoms with Crippen LogP contribution in [0, 0.1) is 17.8 Å². The highest BCUT2D eigenvalue weighted by molar-refractivity contribution is 4.92. The van der Waals surface area contributed by atoms with E-state index in [9.17, 15) is 0 Å². The molecule has 1 fully saturated rings. The zero-order valence-electron chi connectivity index (χ0n) is 9.87. The molecule has 4 N–H and O–H groups in total. The minimum Gasteiger partial charge on any atom is -0.327 e. The summed E-state index contributed by atoms with van der Waals surface area (Å²) in [5, 5.41) is 0. The Bertz CT molecular complexity index is 166. The van der Waals surface area contributed by atoms with Gasteiger partial charge in [-0.3, -0.25) is 0 Å². The van der Waals surface area contributed by atoms with Crippen molar-refractivity contribution in [2.75, 3.05) is 0 Å². The lowest BCUT2D eigenvalue weighted by Gasteiger charge is -2.29. The zero-order chi connectivity index (χ0) is 10.7. The molecule has 2 heteroatoms. The molecule has 0 radical (unpaired) electrons. The molecular weight excluding hydrogens is 172 g/mol. The van der Waals surface area contributed by atoms with E-state index in [1.165, 1.54) is 25.7 Å². The third-order valence-electron chi connectivity index (χ3n) is 3.99. The Balaban J connectivity index is 2.55. The molecule has 0 spiro atoms. The fraction of sp³-hybridized carbons (Fsp3) is 1.00. The van der Waals surface area contributed by atoms with Crippen molar-refractivity contribution < 1.29 is 0 Å². The highest BCUT2D eigenvalue weighted by atomic mass is 14.8. The van der Waals surface area contributed by atoms with Crippen LogP contribution in [0.4, 0.5) is 0 Å². The lowest BCUT2D eigenvalue weighted by atomic mass is 9.83. The smallest absolute Gasteiger partial charge is 0.0110 e. The third kappa shape index (κ3) is 2.48. The summed E-state index contributed by atoms with van der Waals surface area (Å²) < 4.78 is 0. The fourth-order valence-corrected chi connectivity index (χ4v) is 3.00. The summed E-state index contributed by atoms with van der Waals surface area (Å²) in [6, 6.07) is 0.672. The quantitative estimate of drug-likeness (QED) is 0.727. The van der Waals surface area contributed by atoms with Crippen molar-refractivity contribution in [2.24, 2.45) is 29.2 Å². The summed E-state index contributed by atoms with van der Waals surface area (Å²) in [5.74, 6) is 2.00. The minimum absolute atomic E-state index is 0.324. The molecule has 84 valence electrons. The average molecular weight is 198 g/mol. The van der Waals surface area contributed by atoms with Crippen molar-refractivity contribution in [1.82, 2.24) is 0 Å². The summed E-state index contributed by atoms with van der Waals surface area (Å²) in [6.07, 6.45) is 4.78. The van der Waals surface area contributed by atoms with E-state index in [-0.39, 0.29) is 0 Å². The molecule has 1 rings (SSSR count). The number of nitrogens with two attached hydrogens (primary N) is 2. The Kier molecular flexibility index (Phi) is 4.39. The van der Waals surface area contributed by atoms with Gasteiger partial charge in [-0.15, -0.1) is 0 Å². The van der Waals surface area contributed by atoms with Gasteiger partial charge < -0.3 is 11.5 Å². The lowest BCUT2D eigenvalue weighted by molar-refractivity contribution is 0.275. The van der Waals surface area contributed by atoms with Crippen LogP contribution in [0.5, 0.6) is 0 Å². The van der Waals surface area contributed by atoms with E-state index in [1.54, 1.807) is 0 Å². The Morgan fingerprint density at radius 2 is 1.79 bits per heavy atom. The van der Waals surface area contributed by atoms with Gasteiger partial charge in [-0.25, -0.2) is 0 Å². The van der Waals surface area contributed by atoms with Gasteiger partial charge in [-0.2, -0.15) is 0 Å². The van der Waals surface area contributed by atoms with Crippen molar-refractivity contribution in [3.63, 3.8) is 0 Å². The van der Waals surface area contributed by atoms with Crippen LogP contribution >= 0.6 is 0 Å². The van der Waals surface area contributed by atoms with E-state index in [0.717, 1.165) is 5.92 Å². The highest BCUT2D eigenvalue weighted by Crippen LogP contribution is 2.34. The Labute approximate surface area is 88.4 Å². The maximum atomic E-state index is 6.32. The second kappa shape index (κ2) is 5.13. The van der Waals surface area contributed by atoms with Gasteiger partial charge in [0, 0.05) is 12.1 Å². The van der Waals surface area contributed by atoms with Gasteiger partial charge in [0.15, 0.2) is 0 Å². The maximum Gasteiger partial charge on any atom is 0.0110 e. The maximum absolute atomic E-state index is 6.32. The Morgan fingerprint density at radius 1 is 1.21 bits per heavy atom. The number of hydrogen-bond acceptors (Lipinski definition) is 2. The van der Waals surface area contributed by atoms with Crippen LogP contribution in [0.2, 0.25) is 0 Å². The molecule has 0 aliphatic heterocycles. The topological polar surface area (TPSA) is 52.0 Å². The van der Waals surface area contributed by atoms with Crippen LogP contribution in [-0.2, 0) is 0 Å². The first-order valence-corrected chi connectivity index (χ1v) is 6.11. The van der Waals surface area contributed by atoms with E-state index < -0.39 is 0 Å². The largest absolute Gasteiger partial charge is 0.327 e. The van der Waals surface area contributed by atoms with Crippen LogP contribution in [0.3, 0.4) is 0 Å². The molecule has 0 heterocycles. The molecule has 1 aliphatic rings. The fourth-order valence-electron chi connectivity index (χ4n) is 3.00. The molecule has 2 nitrogen and oxygen atoms in total. The third-order valence-corrected chi connectivity index (χ3v) is 3.99. The molecular formula is C12H26N2. The average Bonchev–Trinajstić information content (AvgIpc) is 2.47. The lowest BCUT2D eigenvalue weighted by Crippen LogP contribution is -2.43. The monoisotopic (exact) mass is 198 g/mol. The van der Waals surface area contributed by atoms with Crippen molar-refractivity contribution in [3.8, 4) is 0 Å². The Hall–Kier alpha value is -0.0800. The van der Waals surface area contributed by atoms with Crippen molar-refractivity contribution >= 4 is 0 Å². The molecule has 1 saturated carbocycles. The normalized spacial score (nSPS) is 35.1. The van der Waals surface area contributed by atoms with Gasteiger partial charge in [-0.05, 0) is 30.6 Å². The highest BCUT2D eigenvalue weighted by Gasteiger charge is 2.35. The van der Waals surface area contributed by atoms with Gasteiger partial charge in [0.1, 0.15) is 0 Å². The predicted octanol–water partition coefficient (Wildman–Crippen LogP) is 2.12. The first-order chi connectivity index (χ1) is 6.60. The second-order valence-corrected chi connectivity index (χ2v) is 5.06. The first kappa shape index (κ1) is 12.0. The molecule has 0 bridgehead atoms. The Morgan fingerprint density at radius 3 is 2.14 bits per heavy atom. The minimum atomic E-state index is 0.324. The van der Waals surface area contributed by atoms with Crippen LogP contribution in [0.15, 0.2) is 0 Å². The molecule has 0 aromatic heterocycles. The predicted molar refractivity (Wildman–Crippen MR) is 61.9 cm³/mol. The van der Waals surface area contributed by atoms with Gasteiger partial charge in [-0.1, -0.05) is 33.6 Å². The zero-order valence-corrected chi connectivity index (χ0v) is 9.87. The summed E-state index contributed by atoms with van der Waals surface area (Å²) in [5.41, 5.74) is 12.5. The summed E-state index contributed by atoms with van der Waals surface area (Å²) in [6.45, 7) is 6.76. The van der Waals surface area contributed by atoms with E-state index in [4.69, 9.17) is 11.5 Å². The van der Waals surface area contributed by atoms with Crippen molar-refractivity contribution in [2.45, 2.75) is 58.5 Å². The van der Waals surface area contributed by atoms with E-state index >= 15 is 0 Å². The van der Waals surface area contributed by atoms with E-state index in [1.807, 2.05) is 0 Å². The summed E-state index contributed by atoms with van der Waals surface area (Å²) in [4.78, 5) is 0. The number of hydrogen-bond donors (Lipinski definition) is 2. The van der Waals surface area contributed by atoms with Crippen molar-refractivity contribution in [1.29, 1.82) is 0 Å². The summed E-state index contributed by atoms with van der Waals surface area (Å²) in [7, 11) is 0. The molecule has 14 heavy (non-hydrogen) atoms. The van der Waals surface area contributed by atoms with Crippen LogP contribution in [-0.4, -0.2) is 12.1 Å². The van der Waals surface area contributed by atoms with Crippen LogP contribution < -0.4 is 11.5 Å². The van der Waals surface area contributed by atoms with Gasteiger partial charge in [0.2, 0.25) is 0 Å². The molecule has 0 aromatic rings. The SMILES string of the molecule is CCC(CC)C(N)C1CC(C)CC1N. The first-order valence-electron chi connectivity index (χ1n) is 6.11. The molecule has 4 atom stereocenters. The molecule has 0 saturated heterocycles. The van der Waals surface area contributed by atoms with Gasteiger partial charge >= 0.3 is 0 Å². The molecule has 0 aromatic carbocycles. The van der Waals surface area contributed by atoms with Gasteiger partial charge in [0.05, 0.1) is 0 Å². The molecule has 1 aliphatic carbocycles. The second-order valence-electron chi connectivity index (χ2n) is 5.06. The summed E-state index contributed by atoms with van der Waals surface area (Å²) >= 11 is 0. The molecule has 4 unspecified atom stereocenters. The van der Waals surface area contributed by atoms with Crippen LogP contribution in [0.25, 0.3) is 0 Å². The van der Waals surface area contributed by atoms with E-state index in [2.05, 4.69) is 20.8 Å². The van der Waals surface area contributed by atoms with E-state index in [0.29, 0.717) is 23.9 Å². The van der Waals surface area contributed by atoms with Gasteiger partial charge in [0.25, 0.3) is 0 Å². The van der Waals surface area contributed by atoms with Crippen molar-refractivity contribution in [3.05, 3.63) is 0 Å². The van der Waals surface area contributed by atoms with Crippen LogP contribution in [0.1, 0.15) is 46.5 Å². The standard InChI is InChI=1S/C12H26N2/c1-4-9(5-2)12(14)10-6-8(3)7-11(10)13/h8-12H,4-7,13-14H2,1-3H3. The molecule has 0 amide bonds. The number of rotatable bonds is 4.